The first-order valence-corrected chi connectivity index (χ1v) is 9.84. The fourth-order valence-electron chi connectivity index (χ4n) is 2.73. The molecule has 1 N–H and O–H groups in total. The number of hydrogen-bond donors (Lipinski definition) is 1. The number of nitrogens with zero attached hydrogens (tertiary/aromatic N) is 2. The zero-order valence-corrected chi connectivity index (χ0v) is 16.6. The first-order chi connectivity index (χ1) is 14.9. The average Bonchev–Trinajstić information content (AvgIpc) is 3.35. The maximum absolute atomic E-state index is 12.9. The highest BCUT2D eigenvalue weighted by atomic mass is 32.2. The molecule has 5 nitrogen and oxygen atoms in total. The van der Waals surface area contributed by atoms with Crippen molar-refractivity contribution in [3.8, 4) is 11.3 Å². The standard InChI is InChI=1S/C22H14F3N3O2S/c23-22(24,25)16-8-4-7-15(11-16)18-10-9-17(30-18)12-19-20(29)27-21(31-19)28-26-13-14-5-2-1-3-6-14/h1-13H,(H,27,28,29). The highest BCUT2D eigenvalue weighted by Crippen LogP contribution is 2.33. The van der Waals surface area contributed by atoms with Gasteiger partial charge in [-0.1, -0.05) is 42.5 Å². The van der Waals surface area contributed by atoms with Gasteiger partial charge in [0.05, 0.1) is 16.7 Å². The minimum Gasteiger partial charge on any atom is -0.457 e. The van der Waals surface area contributed by atoms with E-state index in [1.165, 1.54) is 18.2 Å². The summed E-state index contributed by atoms with van der Waals surface area (Å²) in [4.78, 5) is 12.5. The van der Waals surface area contributed by atoms with E-state index in [0.717, 1.165) is 29.5 Å². The molecule has 0 spiro atoms. The molecule has 0 aliphatic carbocycles. The van der Waals surface area contributed by atoms with E-state index in [9.17, 15) is 18.0 Å². The molecule has 1 amide bonds. The maximum atomic E-state index is 12.9. The predicted molar refractivity (Wildman–Crippen MR) is 114 cm³/mol. The summed E-state index contributed by atoms with van der Waals surface area (Å²) in [5, 5.41) is 10.9. The van der Waals surface area contributed by atoms with Gasteiger partial charge in [-0.25, -0.2) is 0 Å². The number of nitrogens with one attached hydrogen (secondary N) is 1. The molecule has 2 heterocycles. The third-order valence-electron chi connectivity index (χ3n) is 4.18. The van der Waals surface area contributed by atoms with E-state index in [1.807, 2.05) is 30.3 Å². The number of amides is 1. The molecule has 1 aliphatic rings. The van der Waals surface area contributed by atoms with Crippen LogP contribution in [-0.4, -0.2) is 17.3 Å². The van der Waals surface area contributed by atoms with Crippen molar-refractivity contribution in [2.45, 2.75) is 6.18 Å². The number of benzene rings is 2. The molecule has 0 saturated carbocycles. The van der Waals surface area contributed by atoms with Crippen molar-refractivity contribution in [3.05, 3.63) is 88.5 Å². The van der Waals surface area contributed by atoms with Crippen molar-refractivity contribution in [2.75, 3.05) is 0 Å². The summed E-state index contributed by atoms with van der Waals surface area (Å²) in [7, 11) is 0. The van der Waals surface area contributed by atoms with Crippen LogP contribution in [0.1, 0.15) is 16.9 Å². The number of rotatable bonds is 4. The van der Waals surface area contributed by atoms with E-state index in [-0.39, 0.29) is 11.7 Å². The Bertz CT molecular complexity index is 1200. The fourth-order valence-corrected chi connectivity index (χ4v) is 3.48. The van der Waals surface area contributed by atoms with E-state index in [4.69, 9.17) is 4.42 Å². The largest absolute Gasteiger partial charge is 0.457 e. The second-order valence-corrected chi connectivity index (χ2v) is 7.44. The van der Waals surface area contributed by atoms with Crippen LogP contribution in [0.15, 0.2) is 86.3 Å². The Morgan fingerprint density at radius 1 is 1.00 bits per heavy atom. The van der Waals surface area contributed by atoms with E-state index in [2.05, 4.69) is 15.5 Å². The summed E-state index contributed by atoms with van der Waals surface area (Å²) >= 11 is 1.09. The van der Waals surface area contributed by atoms with Crippen LogP contribution >= 0.6 is 11.8 Å². The molecule has 3 aromatic rings. The number of alkyl halides is 3. The molecule has 0 atom stereocenters. The molecule has 1 aliphatic heterocycles. The molecule has 9 heteroatoms. The molecule has 0 unspecified atom stereocenters. The summed E-state index contributed by atoms with van der Waals surface area (Å²) in [6.07, 6.45) is -1.37. The van der Waals surface area contributed by atoms with Gasteiger partial charge >= 0.3 is 6.18 Å². The van der Waals surface area contributed by atoms with Crippen LogP contribution in [0.5, 0.6) is 0 Å². The van der Waals surface area contributed by atoms with Gasteiger partial charge < -0.3 is 4.42 Å². The number of thioether (sulfide) groups is 1. The van der Waals surface area contributed by atoms with Gasteiger partial charge in [0, 0.05) is 11.6 Å². The Balaban J connectivity index is 1.49. The van der Waals surface area contributed by atoms with Gasteiger partial charge in [-0.3, -0.25) is 10.1 Å². The predicted octanol–water partition coefficient (Wildman–Crippen LogP) is 5.56. The number of amidine groups is 1. The Morgan fingerprint density at radius 3 is 2.58 bits per heavy atom. The molecule has 0 radical (unpaired) electrons. The van der Waals surface area contributed by atoms with Gasteiger partial charge in [-0.2, -0.15) is 18.3 Å². The third kappa shape index (κ3) is 5.13. The van der Waals surface area contributed by atoms with Crippen molar-refractivity contribution < 1.29 is 22.4 Å². The van der Waals surface area contributed by atoms with Crippen molar-refractivity contribution in [3.63, 3.8) is 0 Å². The van der Waals surface area contributed by atoms with Gasteiger partial charge in [0.2, 0.25) is 0 Å². The van der Waals surface area contributed by atoms with Crippen molar-refractivity contribution >= 4 is 35.1 Å². The van der Waals surface area contributed by atoms with Crippen LogP contribution in [0.3, 0.4) is 0 Å². The summed E-state index contributed by atoms with van der Waals surface area (Å²) in [5.41, 5.74) is 0.402. The lowest BCUT2D eigenvalue weighted by Gasteiger charge is -2.07. The lowest BCUT2D eigenvalue weighted by Crippen LogP contribution is -2.19. The second-order valence-electron chi connectivity index (χ2n) is 6.41. The van der Waals surface area contributed by atoms with Crippen LogP contribution in [-0.2, 0) is 11.0 Å². The zero-order chi connectivity index (χ0) is 21.8. The van der Waals surface area contributed by atoms with E-state index >= 15 is 0 Å². The third-order valence-corrected chi connectivity index (χ3v) is 5.08. The molecule has 1 fully saturated rings. The number of carbonyl (C=O) groups is 1. The molecule has 2 aromatic carbocycles. The summed E-state index contributed by atoms with van der Waals surface area (Å²) < 4.78 is 44.4. The minimum atomic E-state index is -4.44. The van der Waals surface area contributed by atoms with Crippen molar-refractivity contribution in [1.29, 1.82) is 0 Å². The highest BCUT2D eigenvalue weighted by Gasteiger charge is 2.30. The summed E-state index contributed by atoms with van der Waals surface area (Å²) in [6.45, 7) is 0. The molecular formula is C22H14F3N3O2S. The van der Waals surface area contributed by atoms with Gasteiger partial charge in [-0.05, 0) is 41.6 Å². The van der Waals surface area contributed by atoms with Crippen LogP contribution in [0.25, 0.3) is 17.4 Å². The van der Waals surface area contributed by atoms with Crippen molar-refractivity contribution in [1.82, 2.24) is 5.32 Å². The van der Waals surface area contributed by atoms with Gasteiger partial charge in [0.1, 0.15) is 11.5 Å². The highest BCUT2D eigenvalue weighted by molar-refractivity contribution is 8.18. The molecule has 156 valence electrons. The van der Waals surface area contributed by atoms with Crippen molar-refractivity contribution in [2.24, 2.45) is 10.2 Å². The summed E-state index contributed by atoms with van der Waals surface area (Å²) in [6, 6.07) is 17.4. The van der Waals surface area contributed by atoms with E-state index < -0.39 is 11.7 Å². The molecule has 4 rings (SSSR count). The smallest absolute Gasteiger partial charge is 0.416 e. The van der Waals surface area contributed by atoms with Crippen LogP contribution in [0.4, 0.5) is 13.2 Å². The number of halogens is 3. The number of furan rings is 1. The molecule has 31 heavy (non-hydrogen) atoms. The SMILES string of the molecule is O=C1NC(=NN=Cc2ccccc2)SC1=Cc1ccc(-c2cccc(C(F)(F)F)c2)o1. The van der Waals surface area contributed by atoms with Crippen LogP contribution < -0.4 is 5.32 Å². The van der Waals surface area contributed by atoms with Crippen LogP contribution in [0.2, 0.25) is 0 Å². The van der Waals surface area contributed by atoms with Gasteiger partial charge in [0.25, 0.3) is 5.91 Å². The number of hydrogen-bond acceptors (Lipinski definition) is 5. The van der Waals surface area contributed by atoms with E-state index in [1.54, 1.807) is 18.3 Å². The molecular weight excluding hydrogens is 427 g/mol. The normalized spacial score (nSPS) is 17.1. The minimum absolute atomic E-state index is 0.266. The Hall–Kier alpha value is -3.59. The van der Waals surface area contributed by atoms with Gasteiger partial charge in [-0.15, -0.1) is 5.10 Å². The quantitative estimate of drug-likeness (QED) is 0.328. The lowest BCUT2D eigenvalue weighted by atomic mass is 10.1. The monoisotopic (exact) mass is 441 g/mol. The first-order valence-electron chi connectivity index (χ1n) is 9.03. The van der Waals surface area contributed by atoms with E-state index in [0.29, 0.717) is 21.4 Å². The number of carbonyl (C=O) groups excluding carboxylic acids is 1. The Kier molecular flexibility index (Phi) is 5.77. The van der Waals surface area contributed by atoms with Crippen LogP contribution in [0, 0.1) is 0 Å². The average molecular weight is 441 g/mol. The maximum Gasteiger partial charge on any atom is 0.416 e. The summed E-state index contributed by atoms with van der Waals surface area (Å²) in [5.74, 6) is 0.234. The Morgan fingerprint density at radius 2 is 1.81 bits per heavy atom. The Labute approximate surface area is 179 Å². The molecule has 0 bridgehead atoms. The molecule has 1 aromatic heterocycles. The lowest BCUT2D eigenvalue weighted by molar-refractivity contribution is -0.137. The topological polar surface area (TPSA) is 67.0 Å². The first kappa shape index (κ1) is 20.7. The fraction of sp³-hybridized carbons (Fsp3) is 0.0455. The zero-order valence-electron chi connectivity index (χ0n) is 15.8. The molecule has 1 saturated heterocycles. The second kappa shape index (κ2) is 8.65. The van der Waals surface area contributed by atoms with Gasteiger partial charge in [0.15, 0.2) is 5.17 Å².